The molecule has 0 unspecified atom stereocenters. The first-order valence-corrected chi connectivity index (χ1v) is 4.82. The van der Waals surface area contributed by atoms with Crippen LogP contribution in [0.3, 0.4) is 0 Å². The van der Waals surface area contributed by atoms with E-state index in [1.807, 2.05) is 0 Å². The van der Waals surface area contributed by atoms with Crippen molar-refractivity contribution in [1.82, 2.24) is 10.1 Å². The summed E-state index contributed by atoms with van der Waals surface area (Å²) in [5.41, 5.74) is 0.501. The predicted molar refractivity (Wildman–Crippen MR) is 53.1 cm³/mol. The number of ether oxygens (including phenoxy) is 1. The number of hydrogen-bond donors (Lipinski definition) is 1. The largest absolute Gasteiger partial charge is 0.573 e. The van der Waals surface area contributed by atoms with E-state index in [4.69, 9.17) is 0 Å². The third kappa shape index (κ3) is 3.37. The fraction of sp³-hybridized carbons (Fsp3) is 0.200. The number of rotatable bonds is 3. The molecule has 1 N–H and O–H groups in total. The van der Waals surface area contributed by atoms with Gasteiger partial charge in [-0.05, 0) is 17.7 Å². The van der Waals surface area contributed by atoms with E-state index in [1.54, 1.807) is 6.07 Å². The molecule has 8 heteroatoms. The average Bonchev–Trinajstić information content (AvgIpc) is 2.62. The van der Waals surface area contributed by atoms with Gasteiger partial charge in [0.05, 0.1) is 0 Å². The Morgan fingerprint density at radius 1 is 1.39 bits per heavy atom. The number of alkyl halides is 3. The van der Waals surface area contributed by atoms with Crippen molar-refractivity contribution < 1.29 is 22.4 Å². The molecule has 96 valence electrons. The van der Waals surface area contributed by atoms with Gasteiger partial charge in [-0.25, -0.2) is 4.79 Å². The molecule has 18 heavy (non-hydrogen) atoms. The van der Waals surface area contributed by atoms with Gasteiger partial charge in [0.25, 0.3) is 0 Å². The molecule has 0 bridgehead atoms. The van der Waals surface area contributed by atoms with Crippen LogP contribution >= 0.6 is 0 Å². The monoisotopic (exact) mass is 260 g/mol. The van der Waals surface area contributed by atoms with Crippen molar-refractivity contribution in [2.45, 2.75) is 12.8 Å². The fourth-order valence-electron chi connectivity index (χ4n) is 1.38. The molecule has 1 heterocycles. The number of H-pyrrole nitrogens is 1. The minimum absolute atomic E-state index is 0.140. The molecule has 0 spiro atoms. The predicted octanol–water partition coefficient (Wildman–Crippen LogP) is 1.85. The maximum atomic E-state index is 12.0. The van der Waals surface area contributed by atoms with Gasteiger partial charge in [-0.2, -0.15) is 0 Å². The standard InChI is InChI=1S/C10H7F3N2O3/c11-10(12,13)17-7-3-1-2-6(4-7)5-8-14-9(16)18-15-8/h1-4H,5H2,(H,14,15,16). The first kappa shape index (κ1) is 12.2. The highest BCUT2D eigenvalue weighted by molar-refractivity contribution is 5.30. The van der Waals surface area contributed by atoms with Crippen molar-refractivity contribution in [3.63, 3.8) is 0 Å². The topological polar surface area (TPSA) is 68.1 Å². The van der Waals surface area contributed by atoms with Gasteiger partial charge in [-0.3, -0.25) is 9.51 Å². The summed E-state index contributed by atoms with van der Waals surface area (Å²) in [5.74, 6) is -0.817. The Bertz CT molecular complexity index is 588. The Labute approximate surface area is 98.2 Å². The lowest BCUT2D eigenvalue weighted by Gasteiger charge is -2.09. The van der Waals surface area contributed by atoms with Crippen molar-refractivity contribution in [3.05, 3.63) is 46.2 Å². The van der Waals surface area contributed by atoms with E-state index in [1.165, 1.54) is 18.2 Å². The van der Waals surface area contributed by atoms with Gasteiger partial charge >= 0.3 is 12.1 Å². The molecule has 1 aromatic heterocycles. The van der Waals surface area contributed by atoms with Crippen molar-refractivity contribution in [3.8, 4) is 5.75 Å². The van der Waals surface area contributed by atoms with Crippen LogP contribution in [-0.2, 0) is 6.42 Å². The maximum Gasteiger partial charge on any atom is 0.573 e. The fourth-order valence-corrected chi connectivity index (χ4v) is 1.38. The average molecular weight is 260 g/mol. The van der Waals surface area contributed by atoms with Crippen molar-refractivity contribution in [1.29, 1.82) is 0 Å². The summed E-state index contributed by atoms with van der Waals surface area (Å²) in [6.45, 7) is 0. The van der Waals surface area contributed by atoms with Crippen molar-refractivity contribution in [2.24, 2.45) is 0 Å². The highest BCUT2D eigenvalue weighted by atomic mass is 19.4. The first-order chi connectivity index (χ1) is 8.42. The highest BCUT2D eigenvalue weighted by Crippen LogP contribution is 2.23. The third-order valence-corrected chi connectivity index (χ3v) is 1.99. The van der Waals surface area contributed by atoms with Crippen molar-refractivity contribution >= 4 is 0 Å². The molecule has 2 rings (SSSR count). The van der Waals surface area contributed by atoms with E-state index in [2.05, 4.69) is 19.4 Å². The lowest BCUT2D eigenvalue weighted by Crippen LogP contribution is -2.17. The van der Waals surface area contributed by atoms with E-state index in [9.17, 15) is 18.0 Å². The molecule has 0 aliphatic carbocycles. The molecule has 0 aliphatic heterocycles. The van der Waals surface area contributed by atoms with Gasteiger partial charge in [0, 0.05) is 6.42 Å². The summed E-state index contributed by atoms with van der Waals surface area (Å²) in [6, 6.07) is 5.38. The van der Waals surface area contributed by atoms with Crippen LogP contribution in [-0.4, -0.2) is 16.5 Å². The summed E-state index contributed by atoms with van der Waals surface area (Å²) in [4.78, 5) is 13.0. The second-order valence-electron chi connectivity index (χ2n) is 3.41. The van der Waals surface area contributed by atoms with Crippen LogP contribution in [0.1, 0.15) is 11.4 Å². The molecule has 0 amide bonds. The van der Waals surface area contributed by atoms with Crippen LogP contribution in [0.25, 0.3) is 0 Å². The zero-order chi connectivity index (χ0) is 13.2. The second-order valence-corrected chi connectivity index (χ2v) is 3.41. The summed E-state index contributed by atoms with van der Waals surface area (Å²) in [5, 5.41) is 3.41. The van der Waals surface area contributed by atoms with Gasteiger partial charge in [0.1, 0.15) is 5.75 Å². The van der Waals surface area contributed by atoms with Gasteiger partial charge in [-0.1, -0.05) is 17.3 Å². The third-order valence-electron chi connectivity index (χ3n) is 1.99. The zero-order valence-corrected chi connectivity index (χ0v) is 8.82. The molecule has 0 atom stereocenters. The molecule has 0 fully saturated rings. The normalized spacial score (nSPS) is 11.5. The van der Waals surface area contributed by atoms with Crippen LogP contribution in [0.5, 0.6) is 5.75 Å². The summed E-state index contributed by atoms with van der Waals surface area (Å²) >= 11 is 0. The Morgan fingerprint density at radius 2 is 2.17 bits per heavy atom. The summed E-state index contributed by atoms with van der Waals surface area (Å²) < 4.78 is 44.1. The molecule has 1 aromatic carbocycles. The van der Waals surface area contributed by atoms with Crippen LogP contribution in [0.4, 0.5) is 13.2 Å². The van der Waals surface area contributed by atoms with Gasteiger partial charge in [0.2, 0.25) is 0 Å². The number of halogens is 3. The maximum absolute atomic E-state index is 12.0. The van der Waals surface area contributed by atoms with Crippen molar-refractivity contribution in [2.75, 3.05) is 0 Å². The second kappa shape index (κ2) is 4.55. The number of nitrogens with zero attached hydrogens (tertiary/aromatic N) is 1. The molecule has 5 nitrogen and oxygen atoms in total. The Hall–Kier alpha value is -2.25. The number of benzene rings is 1. The van der Waals surface area contributed by atoms with Crippen LogP contribution < -0.4 is 10.5 Å². The number of aromatic amines is 1. The Morgan fingerprint density at radius 3 is 2.78 bits per heavy atom. The van der Waals surface area contributed by atoms with Crippen LogP contribution in [0, 0.1) is 0 Å². The zero-order valence-electron chi connectivity index (χ0n) is 8.82. The van der Waals surface area contributed by atoms with E-state index in [-0.39, 0.29) is 18.0 Å². The molecule has 0 saturated carbocycles. The van der Waals surface area contributed by atoms with E-state index < -0.39 is 12.1 Å². The molecule has 0 saturated heterocycles. The number of aromatic nitrogens is 2. The Kier molecular flexibility index (Phi) is 3.09. The summed E-state index contributed by atoms with van der Waals surface area (Å²) in [7, 11) is 0. The first-order valence-electron chi connectivity index (χ1n) is 4.82. The molecular formula is C10H7F3N2O3. The van der Waals surface area contributed by atoms with Crippen LogP contribution in [0.2, 0.25) is 0 Å². The van der Waals surface area contributed by atoms with Gasteiger partial charge < -0.3 is 4.74 Å². The molecule has 0 radical (unpaired) electrons. The lowest BCUT2D eigenvalue weighted by molar-refractivity contribution is -0.274. The smallest absolute Gasteiger partial charge is 0.406 e. The molecule has 0 aliphatic rings. The van der Waals surface area contributed by atoms with E-state index in [0.717, 1.165) is 0 Å². The minimum atomic E-state index is -4.74. The Balaban J connectivity index is 2.14. The molecule has 2 aromatic rings. The number of nitrogens with one attached hydrogen (secondary N) is 1. The van der Waals surface area contributed by atoms with E-state index in [0.29, 0.717) is 5.56 Å². The van der Waals surface area contributed by atoms with Gasteiger partial charge in [-0.15, -0.1) is 13.2 Å². The molecular weight excluding hydrogens is 253 g/mol. The van der Waals surface area contributed by atoms with Gasteiger partial charge in [0.15, 0.2) is 5.82 Å². The quantitative estimate of drug-likeness (QED) is 0.914. The van der Waals surface area contributed by atoms with Crippen LogP contribution in [0.15, 0.2) is 33.6 Å². The SMILES string of the molecule is O=c1[nH]c(Cc2cccc(OC(F)(F)F)c2)no1. The minimum Gasteiger partial charge on any atom is -0.406 e. The highest BCUT2D eigenvalue weighted by Gasteiger charge is 2.31. The van der Waals surface area contributed by atoms with E-state index >= 15 is 0 Å². The lowest BCUT2D eigenvalue weighted by atomic mass is 10.1. The number of hydrogen-bond acceptors (Lipinski definition) is 4. The summed E-state index contributed by atoms with van der Waals surface area (Å²) in [6.07, 6.45) is -4.60.